The molecule has 1 aromatic rings. The van der Waals surface area contributed by atoms with E-state index in [1.165, 1.54) is 6.07 Å². The molecule has 5 heteroatoms. The van der Waals surface area contributed by atoms with Crippen molar-refractivity contribution < 1.29 is 10.2 Å². The first kappa shape index (κ1) is 15.1. The number of phenols is 2. The fraction of sp³-hybridized carbons (Fsp3) is 0.538. The summed E-state index contributed by atoms with van der Waals surface area (Å²) in [5.74, 6) is -0.439. The Balaban J connectivity index is 2.38. The number of halogens is 1. The highest BCUT2D eigenvalue weighted by molar-refractivity contribution is 6.33. The van der Waals surface area contributed by atoms with E-state index in [4.69, 9.17) is 11.6 Å². The van der Waals surface area contributed by atoms with Gasteiger partial charge in [-0.05, 0) is 31.6 Å². The maximum absolute atomic E-state index is 9.48. The lowest BCUT2D eigenvalue weighted by Crippen LogP contribution is -2.29. The molecule has 0 heterocycles. The summed E-state index contributed by atoms with van der Waals surface area (Å²) >= 11 is 5.93. The van der Waals surface area contributed by atoms with Gasteiger partial charge in [-0.1, -0.05) is 24.6 Å². The van der Waals surface area contributed by atoms with Crippen molar-refractivity contribution in [3.05, 3.63) is 22.7 Å². The zero-order chi connectivity index (χ0) is 13.5. The topological polar surface area (TPSA) is 55.7 Å². The number of hydrogen-bond acceptors (Lipinski definition) is 4. The normalized spacial score (nSPS) is 11.1. The molecule has 0 radical (unpaired) electrons. The molecule has 0 atom stereocenters. The largest absolute Gasteiger partial charge is 0.504 e. The summed E-state index contributed by atoms with van der Waals surface area (Å²) < 4.78 is 0. The van der Waals surface area contributed by atoms with Crippen LogP contribution >= 0.6 is 11.6 Å². The van der Waals surface area contributed by atoms with Crippen LogP contribution in [0.5, 0.6) is 11.5 Å². The van der Waals surface area contributed by atoms with Crippen LogP contribution in [0.3, 0.4) is 0 Å². The fourth-order valence-corrected chi connectivity index (χ4v) is 1.95. The van der Waals surface area contributed by atoms with Crippen molar-refractivity contribution in [2.75, 3.05) is 26.7 Å². The van der Waals surface area contributed by atoms with Crippen LogP contribution in [0, 0.1) is 0 Å². The summed E-state index contributed by atoms with van der Waals surface area (Å²) in [6, 6.07) is 3.15. The first-order valence-corrected chi connectivity index (χ1v) is 6.52. The van der Waals surface area contributed by atoms with Gasteiger partial charge in [0.05, 0.1) is 5.02 Å². The third-order valence-electron chi connectivity index (χ3n) is 2.77. The zero-order valence-corrected chi connectivity index (χ0v) is 11.7. The maximum atomic E-state index is 9.48. The molecule has 0 aromatic heterocycles. The van der Waals surface area contributed by atoms with E-state index in [0.29, 0.717) is 6.54 Å². The number of benzene rings is 1. The molecular weight excluding hydrogens is 252 g/mol. The molecule has 0 bridgehead atoms. The summed E-state index contributed by atoms with van der Waals surface area (Å²) in [6.45, 7) is 5.64. The molecule has 102 valence electrons. The SMILES string of the molecule is CCCN(C)CCNCc1ccc(O)c(O)c1Cl. The second kappa shape index (κ2) is 7.46. The van der Waals surface area contributed by atoms with Gasteiger partial charge in [0.2, 0.25) is 0 Å². The lowest BCUT2D eigenvalue weighted by atomic mass is 10.2. The Morgan fingerprint density at radius 2 is 2.00 bits per heavy atom. The Morgan fingerprint density at radius 3 is 2.67 bits per heavy atom. The Morgan fingerprint density at radius 1 is 1.28 bits per heavy atom. The van der Waals surface area contributed by atoms with Crippen molar-refractivity contribution in [1.29, 1.82) is 0 Å². The Labute approximate surface area is 113 Å². The highest BCUT2D eigenvalue weighted by Crippen LogP contribution is 2.35. The zero-order valence-electron chi connectivity index (χ0n) is 10.9. The molecule has 0 fully saturated rings. The molecule has 3 N–H and O–H groups in total. The lowest BCUT2D eigenvalue weighted by Gasteiger charge is -2.16. The number of nitrogens with zero attached hydrogens (tertiary/aromatic N) is 1. The summed E-state index contributed by atoms with van der Waals surface area (Å²) in [7, 11) is 2.09. The molecule has 4 nitrogen and oxygen atoms in total. The van der Waals surface area contributed by atoms with Crippen LogP contribution in [0.2, 0.25) is 5.02 Å². The average Bonchev–Trinajstić information content (AvgIpc) is 2.34. The van der Waals surface area contributed by atoms with Gasteiger partial charge in [-0.3, -0.25) is 0 Å². The van der Waals surface area contributed by atoms with Crippen molar-refractivity contribution in [2.45, 2.75) is 19.9 Å². The Bertz CT molecular complexity index is 385. The van der Waals surface area contributed by atoms with Gasteiger partial charge in [-0.15, -0.1) is 0 Å². The second-order valence-corrected chi connectivity index (χ2v) is 4.76. The highest BCUT2D eigenvalue weighted by atomic mass is 35.5. The molecule has 0 saturated heterocycles. The standard InChI is InChI=1S/C13H21ClN2O2/c1-3-7-16(2)8-6-15-9-10-4-5-11(17)13(18)12(10)14/h4-5,15,17-18H,3,6-9H2,1-2H3. The molecule has 0 aliphatic heterocycles. The van der Waals surface area contributed by atoms with Crippen molar-refractivity contribution in [2.24, 2.45) is 0 Å². The molecule has 1 aromatic carbocycles. The van der Waals surface area contributed by atoms with E-state index in [1.807, 2.05) is 0 Å². The first-order valence-electron chi connectivity index (χ1n) is 6.14. The maximum Gasteiger partial charge on any atom is 0.176 e. The van der Waals surface area contributed by atoms with Gasteiger partial charge < -0.3 is 20.4 Å². The quantitative estimate of drug-likeness (QED) is 0.526. The summed E-state index contributed by atoms with van der Waals surface area (Å²) in [4.78, 5) is 2.25. The molecule has 0 aliphatic carbocycles. The minimum Gasteiger partial charge on any atom is -0.504 e. The minimum atomic E-state index is -0.251. The van der Waals surface area contributed by atoms with Crippen molar-refractivity contribution in [3.8, 4) is 11.5 Å². The van der Waals surface area contributed by atoms with E-state index in [2.05, 4.69) is 24.2 Å². The van der Waals surface area contributed by atoms with E-state index < -0.39 is 0 Å². The summed E-state index contributed by atoms with van der Waals surface area (Å²) in [5.41, 5.74) is 0.783. The number of aromatic hydroxyl groups is 2. The average molecular weight is 273 g/mol. The predicted molar refractivity (Wildman–Crippen MR) is 74.3 cm³/mol. The van der Waals surface area contributed by atoms with Gasteiger partial charge in [0, 0.05) is 19.6 Å². The molecule has 0 aliphatic rings. The third-order valence-corrected chi connectivity index (χ3v) is 3.19. The van der Waals surface area contributed by atoms with Gasteiger partial charge in [-0.2, -0.15) is 0 Å². The van der Waals surface area contributed by atoms with Crippen LogP contribution in [0.15, 0.2) is 12.1 Å². The number of rotatable bonds is 7. The van der Waals surface area contributed by atoms with Crippen molar-refractivity contribution >= 4 is 11.6 Å². The summed E-state index contributed by atoms with van der Waals surface area (Å²) in [6.07, 6.45) is 1.15. The van der Waals surface area contributed by atoms with Crippen LogP contribution < -0.4 is 5.32 Å². The predicted octanol–water partition coefficient (Wildman–Crippen LogP) is 2.18. The van der Waals surface area contributed by atoms with Crippen LogP contribution in [0.1, 0.15) is 18.9 Å². The lowest BCUT2D eigenvalue weighted by molar-refractivity contribution is 0.332. The Hall–Kier alpha value is -0.970. The highest BCUT2D eigenvalue weighted by Gasteiger charge is 2.09. The third kappa shape index (κ3) is 4.37. The molecule has 1 rings (SSSR count). The molecule has 0 saturated carbocycles. The molecule has 18 heavy (non-hydrogen) atoms. The van der Waals surface area contributed by atoms with Crippen molar-refractivity contribution in [3.63, 3.8) is 0 Å². The van der Waals surface area contributed by atoms with Gasteiger partial charge in [0.1, 0.15) is 0 Å². The summed E-state index contributed by atoms with van der Waals surface area (Å²) in [5, 5.41) is 22.2. The number of nitrogens with one attached hydrogen (secondary N) is 1. The molecule has 0 amide bonds. The van der Waals surface area contributed by atoms with Crippen LogP contribution in [-0.4, -0.2) is 41.8 Å². The van der Waals surface area contributed by atoms with Crippen LogP contribution in [-0.2, 0) is 6.54 Å². The van der Waals surface area contributed by atoms with Crippen LogP contribution in [0.25, 0.3) is 0 Å². The van der Waals surface area contributed by atoms with Gasteiger partial charge in [0.25, 0.3) is 0 Å². The first-order chi connectivity index (χ1) is 8.56. The van der Waals surface area contributed by atoms with E-state index in [1.54, 1.807) is 6.07 Å². The van der Waals surface area contributed by atoms with E-state index in [-0.39, 0.29) is 16.5 Å². The van der Waals surface area contributed by atoms with E-state index >= 15 is 0 Å². The monoisotopic (exact) mass is 272 g/mol. The van der Waals surface area contributed by atoms with Crippen LogP contribution in [0.4, 0.5) is 0 Å². The molecular formula is C13H21ClN2O2. The minimum absolute atomic E-state index is 0.188. The molecule has 0 unspecified atom stereocenters. The van der Waals surface area contributed by atoms with Gasteiger partial charge in [-0.25, -0.2) is 0 Å². The number of likely N-dealkylation sites (N-methyl/N-ethyl adjacent to an activating group) is 1. The fourth-order valence-electron chi connectivity index (χ4n) is 1.72. The molecule has 0 spiro atoms. The van der Waals surface area contributed by atoms with E-state index in [9.17, 15) is 10.2 Å². The van der Waals surface area contributed by atoms with Crippen molar-refractivity contribution in [1.82, 2.24) is 10.2 Å². The van der Waals surface area contributed by atoms with Gasteiger partial charge >= 0.3 is 0 Å². The van der Waals surface area contributed by atoms with Gasteiger partial charge in [0.15, 0.2) is 11.5 Å². The Kier molecular flexibility index (Phi) is 6.25. The smallest absolute Gasteiger partial charge is 0.176 e. The number of phenolic OH excluding ortho intramolecular Hbond substituents is 2. The number of hydrogen-bond donors (Lipinski definition) is 3. The second-order valence-electron chi connectivity index (χ2n) is 4.39. The van der Waals surface area contributed by atoms with E-state index in [0.717, 1.165) is 31.6 Å².